The van der Waals surface area contributed by atoms with Crippen LogP contribution in [0, 0.1) is 0 Å². The van der Waals surface area contributed by atoms with Gasteiger partial charge in [0, 0.05) is 0 Å². The highest BCUT2D eigenvalue weighted by Gasteiger charge is 2.12. The molecule has 18 heavy (non-hydrogen) atoms. The van der Waals surface area contributed by atoms with Crippen molar-refractivity contribution < 1.29 is 4.74 Å². The molecule has 1 aromatic heterocycles. The van der Waals surface area contributed by atoms with Crippen LogP contribution in [0.25, 0.3) is 16.7 Å². The Morgan fingerprint density at radius 1 is 1.06 bits per heavy atom. The Kier molecular flexibility index (Phi) is 2.41. The molecule has 3 aromatic rings. The van der Waals surface area contributed by atoms with Crippen molar-refractivity contribution in [2.75, 3.05) is 12.8 Å². The highest BCUT2D eigenvalue weighted by atomic mass is 16.5. The van der Waals surface area contributed by atoms with Crippen LogP contribution in [0.15, 0.2) is 48.5 Å². The zero-order valence-corrected chi connectivity index (χ0v) is 10.00. The third-order valence-electron chi connectivity index (χ3n) is 2.91. The molecule has 0 bridgehead atoms. The average Bonchev–Trinajstić information content (AvgIpc) is 2.74. The minimum atomic E-state index is 0.459. The van der Waals surface area contributed by atoms with Crippen LogP contribution >= 0.6 is 0 Å². The molecule has 0 atom stereocenters. The highest BCUT2D eigenvalue weighted by molar-refractivity contribution is 5.81. The fourth-order valence-electron chi connectivity index (χ4n) is 2.11. The molecular formula is C14H13N3O. The maximum absolute atomic E-state index is 6.01. The lowest BCUT2D eigenvalue weighted by atomic mass is 10.2. The molecule has 2 N–H and O–H groups in total. The number of anilines is 1. The molecule has 0 saturated heterocycles. The van der Waals surface area contributed by atoms with E-state index in [1.165, 1.54) is 0 Å². The number of aromatic nitrogens is 2. The van der Waals surface area contributed by atoms with Crippen LogP contribution in [0.1, 0.15) is 0 Å². The fourth-order valence-corrected chi connectivity index (χ4v) is 2.11. The molecule has 0 saturated carbocycles. The van der Waals surface area contributed by atoms with Crippen LogP contribution in [0.4, 0.5) is 5.95 Å². The lowest BCUT2D eigenvalue weighted by molar-refractivity contribution is 0.413. The summed E-state index contributed by atoms with van der Waals surface area (Å²) in [6.07, 6.45) is 0. The second-order valence-corrected chi connectivity index (χ2v) is 3.97. The number of fused-ring (bicyclic) bond motifs is 1. The van der Waals surface area contributed by atoms with Gasteiger partial charge in [0.05, 0.1) is 23.8 Å². The van der Waals surface area contributed by atoms with Crippen molar-refractivity contribution in [2.24, 2.45) is 0 Å². The summed E-state index contributed by atoms with van der Waals surface area (Å²) in [4.78, 5) is 4.35. The molecule has 4 heteroatoms. The van der Waals surface area contributed by atoms with Gasteiger partial charge >= 0.3 is 0 Å². The summed E-state index contributed by atoms with van der Waals surface area (Å²) >= 11 is 0. The summed E-state index contributed by atoms with van der Waals surface area (Å²) in [5.74, 6) is 1.23. The number of methoxy groups -OCH3 is 1. The van der Waals surface area contributed by atoms with E-state index in [0.29, 0.717) is 5.95 Å². The number of ether oxygens (including phenoxy) is 1. The molecule has 1 heterocycles. The summed E-state index contributed by atoms with van der Waals surface area (Å²) in [6, 6.07) is 15.6. The number of benzene rings is 2. The van der Waals surface area contributed by atoms with Crippen LogP contribution in [-0.2, 0) is 0 Å². The normalized spacial score (nSPS) is 10.7. The second kappa shape index (κ2) is 4.07. The standard InChI is InChI=1S/C14H13N3O/c1-18-13-9-5-4-8-12(13)17-11-7-3-2-6-10(11)16-14(17)15/h2-9H,1H3,(H2,15,16). The third kappa shape index (κ3) is 1.50. The first-order chi connectivity index (χ1) is 8.81. The molecule has 0 spiro atoms. The number of nitrogens with zero attached hydrogens (tertiary/aromatic N) is 2. The molecular weight excluding hydrogens is 226 g/mol. The molecule has 0 amide bonds. The summed E-state index contributed by atoms with van der Waals surface area (Å²) in [6.45, 7) is 0. The Morgan fingerprint density at radius 3 is 2.61 bits per heavy atom. The van der Waals surface area contributed by atoms with Crippen molar-refractivity contribution in [3.8, 4) is 11.4 Å². The van der Waals surface area contributed by atoms with Crippen LogP contribution in [0.3, 0.4) is 0 Å². The van der Waals surface area contributed by atoms with Gasteiger partial charge in [-0.3, -0.25) is 4.57 Å². The van der Waals surface area contributed by atoms with Gasteiger partial charge in [0.2, 0.25) is 5.95 Å². The highest BCUT2D eigenvalue weighted by Crippen LogP contribution is 2.28. The van der Waals surface area contributed by atoms with E-state index in [4.69, 9.17) is 10.5 Å². The summed E-state index contributed by atoms with van der Waals surface area (Å²) in [7, 11) is 1.65. The second-order valence-electron chi connectivity index (χ2n) is 3.97. The third-order valence-corrected chi connectivity index (χ3v) is 2.91. The van der Waals surface area contributed by atoms with Crippen molar-refractivity contribution in [1.82, 2.24) is 9.55 Å². The molecule has 0 aliphatic heterocycles. The Hall–Kier alpha value is -2.49. The molecule has 4 nitrogen and oxygen atoms in total. The summed E-state index contributed by atoms with van der Waals surface area (Å²) in [5.41, 5.74) is 8.75. The van der Waals surface area contributed by atoms with E-state index in [-0.39, 0.29) is 0 Å². The number of imidazole rings is 1. The molecule has 0 radical (unpaired) electrons. The van der Waals surface area contributed by atoms with Gasteiger partial charge in [0.25, 0.3) is 0 Å². The van der Waals surface area contributed by atoms with Gasteiger partial charge in [0.15, 0.2) is 0 Å². The number of rotatable bonds is 2. The number of nitrogens with two attached hydrogens (primary N) is 1. The van der Waals surface area contributed by atoms with E-state index in [0.717, 1.165) is 22.5 Å². The van der Waals surface area contributed by atoms with Crippen molar-refractivity contribution in [1.29, 1.82) is 0 Å². The molecule has 2 aromatic carbocycles. The Morgan fingerprint density at radius 2 is 1.78 bits per heavy atom. The lowest BCUT2D eigenvalue weighted by Crippen LogP contribution is -2.02. The Bertz CT molecular complexity index is 703. The molecule has 0 aliphatic carbocycles. The predicted molar refractivity (Wildman–Crippen MR) is 72.0 cm³/mol. The first-order valence-electron chi connectivity index (χ1n) is 5.67. The van der Waals surface area contributed by atoms with Gasteiger partial charge in [-0.25, -0.2) is 4.98 Å². The topological polar surface area (TPSA) is 53.1 Å². The summed E-state index contributed by atoms with van der Waals surface area (Å²) in [5, 5.41) is 0. The molecule has 90 valence electrons. The molecule has 3 rings (SSSR count). The van der Waals surface area contributed by atoms with Gasteiger partial charge < -0.3 is 10.5 Å². The molecule has 0 unspecified atom stereocenters. The first kappa shape index (κ1) is 10.7. The van der Waals surface area contributed by atoms with Gasteiger partial charge in [-0.2, -0.15) is 0 Å². The van der Waals surface area contributed by atoms with E-state index in [9.17, 15) is 0 Å². The van der Waals surface area contributed by atoms with Gasteiger partial charge in [-0.05, 0) is 24.3 Å². The maximum atomic E-state index is 6.01. The zero-order chi connectivity index (χ0) is 12.5. The Labute approximate surface area is 105 Å². The zero-order valence-electron chi connectivity index (χ0n) is 10.00. The quantitative estimate of drug-likeness (QED) is 0.748. The minimum Gasteiger partial charge on any atom is -0.495 e. The number of hydrogen-bond acceptors (Lipinski definition) is 3. The Balaban J connectivity index is 2.34. The number of para-hydroxylation sites is 4. The van der Waals surface area contributed by atoms with Crippen LogP contribution in [-0.4, -0.2) is 16.7 Å². The first-order valence-corrected chi connectivity index (χ1v) is 5.67. The van der Waals surface area contributed by atoms with Crippen LogP contribution in [0.5, 0.6) is 5.75 Å². The largest absolute Gasteiger partial charge is 0.495 e. The van der Waals surface area contributed by atoms with Gasteiger partial charge in [-0.1, -0.05) is 24.3 Å². The maximum Gasteiger partial charge on any atom is 0.206 e. The van der Waals surface area contributed by atoms with E-state index in [1.807, 2.05) is 53.1 Å². The SMILES string of the molecule is COc1ccccc1-n1c(N)nc2ccccc21. The summed E-state index contributed by atoms with van der Waals surface area (Å²) < 4.78 is 7.27. The smallest absolute Gasteiger partial charge is 0.206 e. The lowest BCUT2D eigenvalue weighted by Gasteiger charge is -2.11. The van der Waals surface area contributed by atoms with Crippen molar-refractivity contribution >= 4 is 17.0 Å². The fraction of sp³-hybridized carbons (Fsp3) is 0.0714. The van der Waals surface area contributed by atoms with Crippen LogP contribution in [0.2, 0.25) is 0 Å². The molecule has 0 aliphatic rings. The average molecular weight is 239 g/mol. The molecule has 0 fully saturated rings. The van der Waals surface area contributed by atoms with Crippen molar-refractivity contribution in [3.63, 3.8) is 0 Å². The number of nitrogen functional groups attached to an aromatic ring is 1. The van der Waals surface area contributed by atoms with E-state index in [1.54, 1.807) is 7.11 Å². The van der Waals surface area contributed by atoms with Gasteiger partial charge in [0.1, 0.15) is 5.75 Å². The van der Waals surface area contributed by atoms with E-state index in [2.05, 4.69) is 4.98 Å². The monoisotopic (exact) mass is 239 g/mol. The van der Waals surface area contributed by atoms with Crippen molar-refractivity contribution in [3.05, 3.63) is 48.5 Å². The number of hydrogen-bond donors (Lipinski definition) is 1. The minimum absolute atomic E-state index is 0.459. The van der Waals surface area contributed by atoms with Crippen LogP contribution < -0.4 is 10.5 Å². The van der Waals surface area contributed by atoms with Crippen molar-refractivity contribution in [2.45, 2.75) is 0 Å². The van der Waals surface area contributed by atoms with E-state index >= 15 is 0 Å². The van der Waals surface area contributed by atoms with E-state index < -0.39 is 0 Å². The predicted octanol–water partition coefficient (Wildman–Crippen LogP) is 2.62. The van der Waals surface area contributed by atoms with Gasteiger partial charge in [-0.15, -0.1) is 0 Å².